The Morgan fingerprint density at radius 2 is 1.60 bits per heavy atom. The number of hydrogen-bond acceptors (Lipinski definition) is 1. The Bertz CT molecular complexity index is 549. The van der Waals surface area contributed by atoms with E-state index < -0.39 is 11.6 Å². The molecule has 0 fully saturated rings. The number of anilines is 1. The van der Waals surface area contributed by atoms with E-state index >= 15 is 0 Å². The largest absolute Gasteiger partial charge is 0.377 e. The van der Waals surface area contributed by atoms with Gasteiger partial charge in [0.2, 0.25) is 0 Å². The van der Waals surface area contributed by atoms with Gasteiger partial charge in [-0.15, -0.1) is 0 Å². The summed E-state index contributed by atoms with van der Waals surface area (Å²) in [6.07, 6.45) is 0. The summed E-state index contributed by atoms with van der Waals surface area (Å²) in [7, 11) is 0. The molecule has 0 saturated carbocycles. The van der Waals surface area contributed by atoms with E-state index in [4.69, 9.17) is 11.6 Å². The lowest BCUT2D eigenvalue weighted by Crippen LogP contribution is -2.06. The summed E-state index contributed by atoms with van der Waals surface area (Å²) in [6.45, 7) is 6.51. The summed E-state index contributed by atoms with van der Waals surface area (Å²) < 4.78 is 26.7. The van der Waals surface area contributed by atoms with Crippen LogP contribution in [0.15, 0.2) is 24.3 Å². The minimum atomic E-state index is -0.683. The van der Waals surface area contributed by atoms with E-state index in [1.165, 1.54) is 5.56 Å². The van der Waals surface area contributed by atoms with Crippen molar-refractivity contribution in [3.05, 3.63) is 63.2 Å². The highest BCUT2D eigenvalue weighted by Gasteiger charge is 2.11. The first kappa shape index (κ1) is 14.8. The highest BCUT2D eigenvalue weighted by atomic mass is 35.5. The van der Waals surface area contributed by atoms with Gasteiger partial charge in [-0.05, 0) is 43.5 Å². The first-order chi connectivity index (χ1) is 9.38. The first-order valence-electron chi connectivity index (χ1n) is 6.33. The smallest absolute Gasteiger partial charge is 0.150 e. The Balaban J connectivity index is 2.26. The minimum absolute atomic E-state index is 0.0462. The van der Waals surface area contributed by atoms with Crippen molar-refractivity contribution in [2.45, 2.75) is 27.3 Å². The molecule has 0 atom stereocenters. The molecular formula is C16H16ClF2N. The van der Waals surface area contributed by atoms with E-state index in [2.05, 4.69) is 17.4 Å². The molecule has 0 saturated heterocycles. The lowest BCUT2D eigenvalue weighted by molar-refractivity contribution is 0.585. The molecule has 0 aliphatic rings. The van der Waals surface area contributed by atoms with Gasteiger partial charge in [0, 0.05) is 12.6 Å². The Morgan fingerprint density at radius 1 is 1.00 bits per heavy atom. The second kappa shape index (κ2) is 5.80. The van der Waals surface area contributed by atoms with Crippen LogP contribution >= 0.6 is 11.6 Å². The second-order valence-corrected chi connectivity index (χ2v) is 5.38. The monoisotopic (exact) mass is 295 g/mol. The van der Waals surface area contributed by atoms with Crippen LogP contribution in [-0.2, 0) is 6.54 Å². The molecule has 2 aromatic carbocycles. The molecule has 4 heteroatoms. The van der Waals surface area contributed by atoms with E-state index in [9.17, 15) is 8.78 Å². The van der Waals surface area contributed by atoms with Gasteiger partial charge >= 0.3 is 0 Å². The fourth-order valence-corrected chi connectivity index (χ4v) is 2.64. The number of hydrogen-bond donors (Lipinski definition) is 1. The summed E-state index contributed by atoms with van der Waals surface area (Å²) in [5.74, 6) is -1.36. The molecule has 0 radical (unpaired) electrons. The SMILES string of the molecule is Cc1cc(C)c(CNc2c(F)cc(F)cc2Cl)c(C)c1. The summed E-state index contributed by atoms with van der Waals surface area (Å²) in [6, 6.07) is 6.07. The maximum atomic E-state index is 13.7. The second-order valence-electron chi connectivity index (χ2n) is 4.98. The van der Waals surface area contributed by atoms with Crippen molar-refractivity contribution < 1.29 is 8.78 Å². The van der Waals surface area contributed by atoms with Crippen LogP contribution in [0.4, 0.5) is 14.5 Å². The standard InChI is InChI=1S/C16H16ClF2N/c1-9-4-10(2)13(11(3)5-9)8-20-16-14(17)6-12(18)7-15(16)19/h4-7,20H,8H2,1-3H3. The molecule has 20 heavy (non-hydrogen) atoms. The number of benzene rings is 2. The number of aryl methyl sites for hydroxylation is 3. The van der Waals surface area contributed by atoms with Gasteiger partial charge in [0.15, 0.2) is 5.82 Å². The third-order valence-electron chi connectivity index (χ3n) is 3.29. The summed E-state index contributed by atoms with van der Waals surface area (Å²) >= 11 is 5.86. The van der Waals surface area contributed by atoms with Gasteiger partial charge < -0.3 is 5.32 Å². The molecule has 0 aromatic heterocycles. The van der Waals surface area contributed by atoms with Gasteiger partial charge in [0.1, 0.15) is 5.82 Å². The Labute approximate surface area is 122 Å². The molecule has 1 N–H and O–H groups in total. The van der Waals surface area contributed by atoms with Crippen molar-refractivity contribution in [3.8, 4) is 0 Å². The molecule has 0 heterocycles. The molecule has 0 amide bonds. The molecule has 1 nitrogen and oxygen atoms in total. The van der Waals surface area contributed by atoms with Crippen molar-refractivity contribution in [2.24, 2.45) is 0 Å². The molecule has 0 aliphatic heterocycles. The van der Waals surface area contributed by atoms with Gasteiger partial charge in [0.05, 0.1) is 10.7 Å². The van der Waals surface area contributed by atoms with Crippen LogP contribution in [0, 0.1) is 32.4 Å². The lowest BCUT2D eigenvalue weighted by atomic mass is 10.00. The molecule has 0 unspecified atom stereocenters. The van der Waals surface area contributed by atoms with Crippen molar-refractivity contribution >= 4 is 17.3 Å². The van der Waals surface area contributed by atoms with Crippen molar-refractivity contribution in [3.63, 3.8) is 0 Å². The summed E-state index contributed by atoms with van der Waals surface area (Å²) in [4.78, 5) is 0. The highest BCUT2D eigenvalue weighted by molar-refractivity contribution is 6.33. The number of nitrogens with one attached hydrogen (secondary N) is 1. The van der Waals surface area contributed by atoms with Gasteiger partial charge in [-0.2, -0.15) is 0 Å². The van der Waals surface area contributed by atoms with E-state index in [-0.39, 0.29) is 10.7 Å². The molecule has 106 valence electrons. The molecule has 2 rings (SSSR count). The van der Waals surface area contributed by atoms with Gasteiger partial charge in [-0.1, -0.05) is 29.3 Å². The van der Waals surface area contributed by atoms with Crippen LogP contribution in [0.5, 0.6) is 0 Å². The Hall–Kier alpha value is -1.61. The zero-order chi connectivity index (χ0) is 14.9. The van der Waals surface area contributed by atoms with Crippen LogP contribution in [0.1, 0.15) is 22.3 Å². The van der Waals surface area contributed by atoms with Gasteiger partial charge in [0.25, 0.3) is 0 Å². The van der Waals surface area contributed by atoms with Crippen LogP contribution in [-0.4, -0.2) is 0 Å². The van der Waals surface area contributed by atoms with Crippen molar-refractivity contribution in [2.75, 3.05) is 5.32 Å². The molecular weight excluding hydrogens is 280 g/mol. The van der Waals surface area contributed by atoms with Crippen LogP contribution in [0.3, 0.4) is 0 Å². The van der Waals surface area contributed by atoms with Gasteiger partial charge in [-0.3, -0.25) is 0 Å². The fourth-order valence-electron chi connectivity index (χ4n) is 2.38. The van der Waals surface area contributed by atoms with E-state index in [1.54, 1.807) is 0 Å². The van der Waals surface area contributed by atoms with Crippen molar-refractivity contribution in [1.29, 1.82) is 0 Å². The van der Waals surface area contributed by atoms with Gasteiger partial charge in [-0.25, -0.2) is 8.78 Å². The molecule has 0 spiro atoms. The van der Waals surface area contributed by atoms with Crippen LogP contribution in [0.25, 0.3) is 0 Å². The zero-order valence-corrected chi connectivity index (χ0v) is 12.4. The van der Waals surface area contributed by atoms with Crippen molar-refractivity contribution in [1.82, 2.24) is 0 Å². The quantitative estimate of drug-likeness (QED) is 0.825. The molecule has 2 aromatic rings. The summed E-state index contributed by atoms with van der Waals surface area (Å²) in [5, 5.41) is 3.00. The Kier molecular flexibility index (Phi) is 4.29. The third-order valence-corrected chi connectivity index (χ3v) is 3.59. The maximum absolute atomic E-state index is 13.7. The molecule has 0 aliphatic carbocycles. The van der Waals surface area contributed by atoms with Crippen LogP contribution < -0.4 is 5.32 Å². The van der Waals surface area contributed by atoms with Crippen LogP contribution in [0.2, 0.25) is 5.02 Å². The van der Waals surface area contributed by atoms with E-state index in [0.717, 1.165) is 28.8 Å². The molecule has 0 bridgehead atoms. The minimum Gasteiger partial charge on any atom is -0.377 e. The summed E-state index contributed by atoms with van der Waals surface area (Å²) in [5.41, 5.74) is 4.68. The Morgan fingerprint density at radius 3 is 2.15 bits per heavy atom. The lowest BCUT2D eigenvalue weighted by Gasteiger charge is -2.14. The van der Waals surface area contributed by atoms with E-state index in [0.29, 0.717) is 6.54 Å². The topological polar surface area (TPSA) is 12.0 Å². The first-order valence-corrected chi connectivity index (χ1v) is 6.71. The third kappa shape index (κ3) is 3.10. The highest BCUT2D eigenvalue weighted by Crippen LogP contribution is 2.27. The normalized spacial score (nSPS) is 10.7. The van der Waals surface area contributed by atoms with E-state index in [1.807, 2.05) is 20.8 Å². The predicted octanol–water partition coefficient (Wildman–Crippen LogP) is 5.16. The predicted molar refractivity (Wildman–Crippen MR) is 79.3 cm³/mol. The number of rotatable bonds is 3. The average molecular weight is 296 g/mol. The average Bonchev–Trinajstić information content (AvgIpc) is 2.30. The maximum Gasteiger partial charge on any atom is 0.150 e. The fraction of sp³-hybridized carbons (Fsp3) is 0.250. The zero-order valence-electron chi connectivity index (χ0n) is 11.7. The number of halogens is 3.